The van der Waals surface area contributed by atoms with Crippen molar-refractivity contribution in [2.75, 3.05) is 27.0 Å². The molecule has 1 atom stereocenters. The highest BCUT2D eigenvalue weighted by molar-refractivity contribution is 8.14. The topological polar surface area (TPSA) is 117 Å². The Morgan fingerprint density at radius 1 is 0.907 bits per heavy atom. The molecule has 0 fully saturated rings. The number of aryl methyl sites for hydroxylation is 3. The third-order valence-corrected chi connectivity index (χ3v) is 10.8. The second-order valence-electron chi connectivity index (χ2n) is 10.7. The molecule has 7 rings (SSSR count). The highest BCUT2D eigenvalue weighted by Crippen LogP contribution is 2.49. The number of amides is 2. The van der Waals surface area contributed by atoms with Gasteiger partial charge in [-0.15, -0.1) is 21.5 Å². The molecule has 10 nitrogen and oxygen atoms in total. The Bertz CT molecular complexity index is 1730. The molecule has 2 aliphatic heterocycles. The molecule has 13 heteroatoms. The first-order chi connectivity index (χ1) is 20.9. The van der Waals surface area contributed by atoms with Gasteiger partial charge in [-0.05, 0) is 69.4 Å². The summed E-state index contributed by atoms with van der Waals surface area (Å²) in [6, 6.07) is 15.5. The fourth-order valence-corrected chi connectivity index (χ4v) is 8.46. The lowest BCUT2D eigenvalue weighted by Gasteiger charge is -2.31. The van der Waals surface area contributed by atoms with Crippen LogP contribution in [0.15, 0.2) is 58.8 Å². The van der Waals surface area contributed by atoms with E-state index in [0.717, 1.165) is 46.8 Å². The van der Waals surface area contributed by atoms with Gasteiger partial charge in [-0.1, -0.05) is 58.9 Å². The second kappa shape index (κ2) is 11.7. The molecule has 3 N–H and O–H groups in total. The maximum atomic E-state index is 12.8. The maximum Gasteiger partial charge on any atom is 0.241 e. The molecule has 4 aromatic rings. The van der Waals surface area contributed by atoms with Gasteiger partial charge in [-0.2, -0.15) is 5.10 Å². The van der Waals surface area contributed by atoms with Crippen LogP contribution in [0, 0.1) is 13.8 Å². The summed E-state index contributed by atoms with van der Waals surface area (Å²) in [5, 5.41) is 22.1. The molecule has 0 spiro atoms. The number of hydrogen-bond acceptors (Lipinski definition) is 10. The Labute approximate surface area is 261 Å². The standard InChI is InChI=1S/C30H30N8O2S3/c1-17-7-11-19(12-8-17)31-23(39)15-41-29-35-33-26-25-21-5-3-4-6-22(21)43-27(25)38-28(37(26)29)34-36-30(38)42-16-24(40)32-20-13-9-18(2)10-14-20/h7-14,26,33H,3-6,15-16H2,1-2H3,(H,31,39)(H,32,40). The number of thioether (sulfide) groups is 2. The third kappa shape index (κ3) is 5.52. The van der Waals surface area contributed by atoms with Crippen molar-refractivity contribution in [3.8, 4) is 5.00 Å². The summed E-state index contributed by atoms with van der Waals surface area (Å²) < 4.78 is 2.06. The van der Waals surface area contributed by atoms with Crippen LogP contribution < -0.4 is 21.0 Å². The Morgan fingerprint density at radius 3 is 2.21 bits per heavy atom. The number of aromatic nitrogens is 3. The normalized spacial score (nSPS) is 16.4. The highest BCUT2D eigenvalue weighted by atomic mass is 32.2. The zero-order chi connectivity index (χ0) is 29.5. The molecule has 1 unspecified atom stereocenters. The molecule has 2 aromatic heterocycles. The molecule has 3 aliphatic rings. The minimum absolute atomic E-state index is 0.106. The zero-order valence-electron chi connectivity index (χ0n) is 23.7. The maximum absolute atomic E-state index is 12.8. The van der Waals surface area contributed by atoms with E-state index in [4.69, 9.17) is 0 Å². The first-order valence-corrected chi connectivity index (χ1v) is 16.9. The number of carbonyl (C=O) groups excluding carboxylic acids is 2. The van der Waals surface area contributed by atoms with Crippen LogP contribution in [0.1, 0.15) is 46.1 Å². The summed E-state index contributed by atoms with van der Waals surface area (Å²) in [6.45, 7) is 4.03. The quantitative estimate of drug-likeness (QED) is 0.226. The number of fused-ring (bicyclic) bond motifs is 8. The van der Waals surface area contributed by atoms with Gasteiger partial charge in [0.1, 0.15) is 5.00 Å². The van der Waals surface area contributed by atoms with Gasteiger partial charge in [-0.25, -0.2) is 4.57 Å². The summed E-state index contributed by atoms with van der Waals surface area (Å²) >= 11 is 4.51. The van der Waals surface area contributed by atoms with E-state index >= 15 is 0 Å². The van der Waals surface area contributed by atoms with Crippen molar-refractivity contribution in [1.82, 2.24) is 20.2 Å². The van der Waals surface area contributed by atoms with Crippen molar-refractivity contribution in [2.24, 2.45) is 5.10 Å². The van der Waals surface area contributed by atoms with E-state index in [1.807, 2.05) is 67.3 Å². The van der Waals surface area contributed by atoms with Crippen LogP contribution in [0.4, 0.5) is 17.3 Å². The summed E-state index contributed by atoms with van der Waals surface area (Å²) in [5.41, 5.74) is 9.71. The van der Waals surface area contributed by atoms with E-state index in [2.05, 4.69) is 35.9 Å². The Kier molecular flexibility index (Phi) is 7.62. The first kappa shape index (κ1) is 28.0. The molecule has 0 saturated heterocycles. The number of amidine groups is 1. The lowest BCUT2D eigenvalue weighted by Crippen LogP contribution is -2.38. The van der Waals surface area contributed by atoms with Crippen molar-refractivity contribution >= 4 is 69.2 Å². The summed E-state index contributed by atoms with van der Waals surface area (Å²) in [7, 11) is 0. The predicted octanol–water partition coefficient (Wildman–Crippen LogP) is 5.62. The minimum atomic E-state index is -0.213. The number of hydrazone groups is 1. The second-order valence-corrected chi connectivity index (χ2v) is 13.7. The Morgan fingerprint density at radius 2 is 1.53 bits per heavy atom. The van der Waals surface area contributed by atoms with Crippen molar-refractivity contribution in [3.05, 3.63) is 75.7 Å². The Hall–Kier alpha value is -3.81. The van der Waals surface area contributed by atoms with E-state index < -0.39 is 0 Å². The largest absolute Gasteiger partial charge is 0.325 e. The number of nitrogens with one attached hydrogen (secondary N) is 3. The van der Waals surface area contributed by atoms with Gasteiger partial charge in [-0.3, -0.25) is 19.9 Å². The molecule has 220 valence electrons. The van der Waals surface area contributed by atoms with E-state index in [0.29, 0.717) is 16.3 Å². The van der Waals surface area contributed by atoms with Gasteiger partial charge < -0.3 is 10.6 Å². The van der Waals surface area contributed by atoms with Gasteiger partial charge in [0.05, 0.1) is 11.5 Å². The van der Waals surface area contributed by atoms with Crippen LogP contribution in [0.3, 0.4) is 0 Å². The predicted molar refractivity (Wildman–Crippen MR) is 174 cm³/mol. The number of rotatable bonds is 7. The van der Waals surface area contributed by atoms with Gasteiger partial charge in [0, 0.05) is 21.8 Å². The third-order valence-electron chi connectivity index (χ3n) is 7.58. The van der Waals surface area contributed by atoms with Crippen LogP contribution in [0.5, 0.6) is 0 Å². The smallest absolute Gasteiger partial charge is 0.241 e. The zero-order valence-corrected chi connectivity index (χ0v) is 26.2. The number of anilines is 3. The van der Waals surface area contributed by atoms with Gasteiger partial charge in [0.15, 0.2) is 16.5 Å². The van der Waals surface area contributed by atoms with E-state index in [9.17, 15) is 9.59 Å². The van der Waals surface area contributed by atoms with E-state index in [-0.39, 0.29) is 29.5 Å². The monoisotopic (exact) mass is 630 g/mol. The van der Waals surface area contributed by atoms with E-state index in [1.54, 1.807) is 11.3 Å². The highest BCUT2D eigenvalue weighted by Gasteiger charge is 2.44. The average molecular weight is 631 g/mol. The summed E-state index contributed by atoms with van der Waals surface area (Å²) in [5.74, 6) is 0.811. The molecular formula is C30H30N8O2S3. The Balaban J connectivity index is 1.12. The van der Waals surface area contributed by atoms with Crippen LogP contribution in [-0.4, -0.2) is 43.3 Å². The number of carbonyl (C=O) groups is 2. The number of benzene rings is 2. The molecule has 0 saturated carbocycles. The number of hydrogen-bond donors (Lipinski definition) is 3. The summed E-state index contributed by atoms with van der Waals surface area (Å²) in [4.78, 5) is 29.1. The minimum Gasteiger partial charge on any atom is -0.325 e. The fraction of sp³-hybridized carbons (Fsp3) is 0.300. The number of nitrogens with zero attached hydrogens (tertiary/aromatic N) is 5. The van der Waals surface area contributed by atoms with E-state index in [1.165, 1.54) is 45.9 Å². The molecule has 43 heavy (non-hydrogen) atoms. The average Bonchev–Trinajstić information content (AvgIpc) is 3.72. The number of thiophene rings is 1. The van der Waals surface area contributed by atoms with Crippen molar-refractivity contribution in [1.29, 1.82) is 0 Å². The molecule has 0 radical (unpaired) electrons. The van der Waals surface area contributed by atoms with Crippen molar-refractivity contribution in [2.45, 2.75) is 50.9 Å². The van der Waals surface area contributed by atoms with Crippen molar-refractivity contribution < 1.29 is 9.59 Å². The van der Waals surface area contributed by atoms with Crippen molar-refractivity contribution in [3.63, 3.8) is 0 Å². The SMILES string of the molecule is Cc1ccc(NC(=O)CSC2=NNC3c4c(sc5c4CCCC5)-n4c(SCC(=O)Nc5ccc(C)cc5)nnc4N23)cc1. The van der Waals surface area contributed by atoms with Crippen LogP contribution in [0.2, 0.25) is 0 Å². The molecule has 2 aromatic carbocycles. The van der Waals surface area contributed by atoms with Gasteiger partial charge in [0.25, 0.3) is 0 Å². The van der Waals surface area contributed by atoms with Crippen LogP contribution in [0.25, 0.3) is 5.00 Å². The molecule has 1 aliphatic carbocycles. The summed E-state index contributed by atoms with van der Waals surface area (Å²) in [6.07, 6.45) is 4.20. The molecule has 4 heterocycles. The van der Waals surface area contributed by atoms with Gasteiger partial charge in [0.2, 0.25) is 17.8 Å². The lowest BCUT2D eigenvalue weighted by atomic mass is 9.94. The molecule has 0 bridgehead atoms. The fourth-order valence-electron chi connectivity index (χ4n) is 5.48. The van der Waals surface area contributed by atoms with Crippen LogP contribution in [-0.2, 0) is 22.4 Å². The lowest BCUT2D eigenvalue weighted by molar-refractivity contribution is -0.114. The molecule has 2 amide bonds. The molecular weight excluding hydrogens is 601 g/mol. The first-order valence-electron chi connectivity index (χ1n) is 14.2. The van der Waals surface area contributed by atoms with Gasteiger partial charge >= 0.3 is 0 Å². The van der Waals surface area contributed by atoms with Crippen LogP contribution >= 0.6 is 34.9 Å².